The van der Waals surface area contributed by atoms with Gasteiger partial charge in [-0.25, -0.2) is 0 Å². The smallest absolute Gasteiger partial charge is 0.0616 e. The molecule has 1 rings (SSSR count). The molecule has 0 bridgehead atoms. The molecule has 0 heterocycles. The lowest BCUT2D eigenvalue weighted by atomic mass is 9.89. The van der Waals surface area contributed by atoms with Gasteiger partial charge in [0.2, 0.25) is 0 Å². The van der Waals surface area contributed by atoms with Gasteiger partial charge in [0.1, 0.15) is 0 Å². The Bertz CT molecular complexity index is 272. The minimum Gasteiger partial charge on any atom is -0.388 e. The van der Waals surface area contributed by atoms with Gasteiger partial charge in [0.25, 0.3) is 0 Å². The minimum absolute atomic E-state index is 0.485. The van der Waals surface area contributed by atoms with E-state index in [-0.39, 0.29) is 0 Å². The molecule has 0 saturated heterocycles. The number of aliphatic imine (C=N–C) groups is 1. The van der Waals surface area contributed by atoms with Crippen LogP contribution in [0.5, 0.6) is 0 Å². The summed E-state index contributed by atoms with van der Waals surface area (Å²) in [5.41, 5.74) is 2.43. The van der Waals surface area contributed by atoms with Crippen LogP contribution in [0.4, 0.5) is 0 Å². The second-order valence-electron chi connectivity index (χ2n) is 4.07. The van der Waals surface area contributed by atoms with E-state index in [1.165, 1.54) is 5.57 Å². The second-order valence-corrected chi connectivity index (χ2v) is 4.07. The molecule has 0 spiro atoms. The SMILES string of the molecule is C/N=C1/C=CCC(C)/C1=C/NC(C)C. The van der Waals surface area contributed by atoms with E-state index in [1.807, 2.05) is 7.05 Å². The van der Waals surface area contributed by atoms with Crippen LogP contribution in [0.1, 0.15) is 27.2 Å². The van der Waals surface area contributed by atoms with Crippen molar-refractivity contribution >= 4 is 5.71 Å². The van der Waals surface area contributed by atoms with Crippen molar-refractivity contribution in [3.05, 3.63) is 23.9 Å². The molecule has 14 heavy (non-hydrogen) atoms. The maximum atomic E-state index is 4.28. The third-order valence-electron chi connectivity index (χ3n) is 2.41. The monoisotopic (exact) mass is 192 g/mol. The van der Waals surface area contributed by atoms with Gasteiger partial charge in [-0.05, 0) is 37.8 Å². The van der Waals surface area contributed by atoms with E-state index in [1.54, 1.807) is 0 Å². The number of allylic oxidation sites excluding steroid dienone is 3. The number of hydrogen-bond acceptors (Lipinski definition) is 2. The van der Waals surface area contributed by atoms with E-state index in [2.05, 4.69) is 49.4 Å². The van der Waals surface area contributed by atoms with E-state index in [0.717, 1.165) is 12.1 Å². The van der Waals surface area contributed by atoms with Crippen LogP contribution >= 0.6 is 0 Å². The fourth-order valence-corrected chi connectivity index (χ4v) is 1.54. The first-order valence-electron chi connectivity index (χ1n) is 5.25. The van der Waals surface area contributed by atoms with Crippen LogP contribution in [0.25, 0.3) is 0 Å². The Balaban J connectivity index is 2.82. The zero-order chi connectivity index (χ0) is 10.6. The molecule has 0 aromatic carbocycles. The fourth-order valence-electron chi connectivity index (χ4n) is 1.54. The Hall–Kier alpha value is -1.05. The molecule has 0 radical (unpaired) electrons. The van der Waals surface area contributed by atoms with Crippen molar-refractivity contribution in [2.45, 2.75) is 33.2 Å². The van der Waals surface area contributed by atoms with Crippen LogP contribution in [0.2, 0.25) is 0 Å². The Labute approximate surface area is 86.8 Å². The van der Waals surface area contributed by atoms with E-state index in [9.17, 15) is 0 Å². The average Bonchev–Trinajstić information content (AvgIpc) is 2.15. The zero-order valence-electron chi connectivity index (χ0n) is 9.54. The summed E-state index contributed by atoms with van der Waals surface area (Å²) in [6.07, 6.45) is 7.53. The van der Waals surface area contributed by atoms with E-state index >= 15 is 0 Å². The van der Waals surface area contributed by atoms with Crippen LogP contribution in [0.15, 0.2) is 28.9 Å². The lowest BCUT2D eigenvalue weighted by molar-refractivity contribution is 0.667. The van der Waals surface area contributed by atoms with Crippen molar-refractivity contribution in [3.8, 4) is 0 Å². The van der Waals surface area contributed by atoms with Gasteiger partial charge in [0.05, 0.1) is 5.71 Å². The highest BCUT2D eigenvalue weighted by Crippen LogP contribution is 2.21. The minimum atomic E-state index is 0.485. The predicted molar refractivity (Wildman–Crippen MR) is 62.6 cm³/mol. The molecule has 1 unspecified atom stereocenters. The zero-order valence-corrected chi connectivity index (χ0v) is 9.54. The normalized spacial score (nSPS) is 27.6. The summed E-state index contributed by atoms with van der Waals surface area (Å²) in [6.45, 7) is 6.52. The fraction of sp³-hybridized carbons (Fsp3) is 0.583. The molecule has 2 heteroatoms. The maximum absolute atomic E-state index is 4.28. The molecule has 0 saturated carbocycles. The third kappa shape index (κ3) is 2.72. The predicted octanol–water partition coefficient (Wildman–Crippen LogP) is 2.54. The van der Waals surface area contributed by atoms with E-state index in [4.69, 9.17) is 0 Å². The molecule has 0 aromatic heterocycles. The van der Waals surface area contributed by atoms with Gasteiger partial charge in [-0.15, -0.1) is 0 Å². The molecule has 0 amide bonds. The molecule has 1 atom stereocenters. The van der Waals surface area contributed by atoms with Gasteiger partial charge >= 0.3 is 0 Å². The summed E-state index contributed by atoms with van der Waals surface area (Å²) in [5.74, 6) is 0.574. The number of hydrogen-bond donors (Lipinski definition) is 1. The van der Waals surface area contributed by atoms with Crippen molar-refractivity contribution in [1.29, 1.82) is 0 Å². The molecule has 0 aromatic rings. The number of nitrogens with one attached hydrogen (secondary N) is 1. The third-order valence-corrected chi connectivity index (χ3v) is 2.41. The maximum Gasteiger partial charge on any atom is 0.0616 e. The summed E-state index contributed by atoms with van der Waals surface area (Å²) in [5, 5.41) is 3.33. The number of nitrogens with zero attached hydrogens (tertiary/aromatic N) is 1. The summed E-state index contributed by atoms with van der Waals surface area (Å²) in [7, 11) is 1.85. The lowest BCUT2D eigenvalue weighted by Crippen LogP contribution is -2.21. The molecule has 78 valence electrons. The van der Waals surface area contributed by atoms with Crippen LogP contribution in [-0.4, -0.2) is 18.8 Å². The van der Waals surface area contributed by atoms with E-state index in [0.29, 0.717) is 12.0 Å². The summed E-state index contributed by atoms with van der Waals surface area (Å²) in [6, 6.07) is 0.485. The first kappa shape index (κ1) is 11.0. The standard InChI is InChI=1S/C12H20N2/c1-9(2)14-8-11-10(3)6-5-7-12(11)13-4/h5,7-10,14H,6H2,1-4H3/b11-8-,13-12-. The summed E-state index contributed by atoms with van der Waals surface area (Å²) >= 11 is 0. The van der Waals surface area contributed by atoms with Crippen LogP contribution in [0, 0.1) is 5.92 Å². The van der Waals surface area contributed by atoms with Gasteiger partial charge in [-0.2, -0.15) is 0 Å². The Morgan fingerprint density at radius 3 is 2.86 bits per heavy atom. The van der Waals surface area contributed by atoms with Gasteiger partial charge in [0, 0.05) is 19.3 Å². The van der Waals surface area contributed by atoms with Crippen molar-refractivity contribution in [2.24, 2.45) is 10.9 Å². The first-order valence-corrected chi connectivity index (χ1v) is 5.25. The van der Waals surface area contributed by atoms with Gasteiger partial charge < -0.3 is 5.32 Å². The molecule has 1 N–H and O–H groups in total. The van der Waals surface area contributed by atoms with Crippen molar-refractivity contribution in [2.75, 3.05) is 7.05 Å². The van der Waals surface area contributed by atoms with E-state index < -0.39 is 0 Å². The molecule has 1 aliphatic rings. The molecule has 2 nitrogen and oxygen atoms in total. The van der Waals surface area contributed by atoms with Crippen LogP contribution < -0.4 is 5.32 Å². The van der Waals surface area contributed by atoms with Crippen molar-refractivity contribution in [1.82, 2.24) is 5.32 Å². The van der Waals surface area contributed by atoms with Crippen molar-refractivity contribution in [3.63, 3.8) is 0 Å². The molecule has 1 aliphatic carbocycles. The molecule has 0 aliphatic heterocycles. The Morgan fingerprint density at radius 2 is 2.29 bits per heavy atom. The van der Waals surface area contributed by atoms with Gasteiger partial charge in [-0.1, -0.05) is 13.0 Å². The highest BCUT2D eigenvalue weighted by Gasteiger charge is 2.15. The second kappa shape index (κ2) is 4.99. The summed E-state index contributed by atoms with van der Waals surface area (Å²) in [4.78, 5) is 4.28. The van der Waals surface area contributed by atoms with Gasteiger partial charge in [0.15, 0.2) is 0 Å². The molecular weight excluding hydrogens is 172 g/mol. The summed E-state index contributed by atoms with van der Waals surface area (Å²) < 4.78 is 0. The Kier molecular flexibility index (Phi) is 3.93. The molecule has 0 fully saturated rings. The van der Waals surface area contributed by atoms with Crippen LogP contribution in [-0.2, 0) is 0 Å². The topological polar surface area (TPSA) is 24.4 Å². The largest absolute Gasteiger partial charge is 0.388 e. The van der Waals surface area contributed by atoms with Crippen LogP contribution in [0.3, 0.4) is 0 Å². The lowest BCUT2D eigenvalue weighted by Gasteiger charge is -2.19. The Morgan fingerprint density at radius 1 is 1.57 bits per heavy atom. The first-order chi connectivity index (χ1) is 6.65. The molecular formula is C12H20N2. The van der Waals surface area contributed by atoms with Gasteiger partial charge in [-0.3, -0.25) is 4.99 Å². The highest BCUT2D eigenvalue weighted by molar-refractivity contribution is 6.09. The highest BCUT2D eigenvalue weighted by atomic mass is 14.9. The quantitative estimate of drug-likeness (QED) is 0.714. The average molecular weight is 192 g/mol. The van der Waals surface area contributed by atoms with Crippen molar-refractivity contribution < 1.29 is 0 Å². The number of rotatable bonds is 2.